The second-order valence-electron chi connectivity index (χ2n) is 5.84. The summed E-state index contributed by atoms with van der Waals surface area (Å²) in [5.41, 5.74) is 0. The van der Waals surface area contributed by atoms with Crippen molar-refractivity contribution in [2.24, 2.45) is 0 Å². The van der Waals surface area contributed by atoms with Crippen LogP contribution in [0.25, 0.3) is 0 Å². The van der Waals surface area contributed by atoms with Gasteiger partial charge in [-0.2, -0.15) is 17.5 Å². The van der Waals surface area contributed by atoms with E-state index in [0.717, 1.165) is 0 Å². The van der Waals surface area contributed by atoms with Gasteiger partial charge in [-0.15, -0.1) is 0 Å². The molecule has 0 aliphatic carbocycles. The van der Waals surface area contributed by atoms with Crippen molar-refractivity contribution in [3.63, 3.8) is 0 Å². The number of nitrogens with zero attached hydrogens (tertiary/aromatic N) is 2. The van der Waals surface area contributed by atoms with Gasteiger partial charge in [-0.3, -0.25) is 0 Å². The average molecular weight is 435 g/mol. The molecule has 1 aliphatic heterocycles. The van der Waals surface area contributed by atoms with Crippen molar-refractivity contribution >= 4 is 33.2 Å². The van der Waals surface area contributed by atoms with Crippen molar-refractivity contribution < 1.29 is 26.3 Å². The minimum atomic E-state index is -4.32. The normalized spacial score (nSPS) is 17.6. The first-order valence-electron chi connectivity index (χ1n) is 7.92. The Labute approximate surface area is 160 Å². The van der Waals surface area contributed by atoms with Crippen LogP contribution in [0.15, 0.2) is 23.1 Å². The molecule has 1 saturated heterocycles. The van der Waals surface area contributed by atoms with Crippen LogP contribution in [-0.4, -0.2) is 69.7 Å². The van der Waals surface area contributed by atoms with Crippen molar-refractivity contribution in [2.75, 3.05) is 45.9 Å². The fraction of sp³-hybridized carbons (Fsp3) is 0.600. The van der Waals surface area contributed by atoms with Crippen molar-refractivity contribution in [3.8, 4) is 0 Å². The van der Waals surface area contributed by atoms with Crippen LogP contribution in [0.2, 0.25) is 10.0 Å². The van der Waals surface area contributed by atoms with Crippen LogP contribution >= 0.6 is 23.2 Å². The molecule has 148 valence electrons. The van der Waals surface area contributed by atoms with Gasteiger partial charge in [0.05, 0.1) is 5.02 Å². The third-order valence-electron chi connectivity index (χ3n) is 3.87. The summed E-state index contributed by atoms with van der Waals surface area (Å²) < 4.78 is 67.2. The smallest absolute Gasteiger partial charge is 0.372 e. The molecule has 11 heteroatoms. The number of halogens is 5. The van der Waals surface area contributed by atoms with Crippen molar-refractivity contribution in [2.45, 2.75) is 17.5 Å². The molecular weight excluding hydrogens is 416 g/mol. The maximum Gasteiger partial charge on any atom is 0.411 e. The van der Waals surface area contributed by atoms with E-state index in [1.165, 1.54) is 22.5 Å². The summed E-state index contributed by atoms with van der Waals surface area (Å²) in [7, 11) is -3.74. The molecule has 5 nitrogen and oxygen atoms in total. The summed E-state index contributed by atoms with van der Waals surface area (Å²) in [6.45, 7) is 0.815. The van der Waals surface area contributed by atoms with Gasteiger partial charge >= 0.3 is 6.18 Å². The second kappa shape index (κ2) is 9.07. The Bertz CT molecular complexity index is 709. The van der Waals surface area contributed by atoms with E-state index in [-0.39, 0.29) is 34.6 Å². The van der Waals surface area contributed by atoms with Crippen molar-refractivity contribution in [1.29, 1.82) is 0 Å². The number of piperazine rings is 1. The number of alkyl halides is 3. The third kappa shape index (κ3) is 6.24. The zero-order chi connectivity index (χ0) is 19.4. The molecule has 0 aromatic heterocycles. The Morgan fingerprint density at radius 2 is 1.77 bits per heavy atom. The summed E-state index contributed by atoms with van der Waals surface area (Å²) >= 11 is 11.9. The minimum absolute atomic E-state index is 0.0101. The Morgan fingerprint density at radius 1 is 1.12 bits per heavy atom. The highest BCUT2D eigenvalue weighted by atomic mass is 35.5. The third-order valence-corrected chi connectivity index (χ3v) is 6.49. The Hall–Kier alpha value is -0.580. The van der Waals surface area contributed by atoms with Gasteiger partial charge in [0.15, 0.2) is 0 Å². The lowest BCUT2D eigenvalue weighted by molar-refractivity contribution is -0.174. The van der Waals surface area contributed by atoms with E-state index in [9.17, 15) is 21.6 Å². The van der Waals surface area contributed by atoms with Gasteiger partial charge in [0.2, 0.25) is 10.0 Å². The number of hydrogen-bond donors (Lipinski definition) is 0. The fourth-order valence-corrected chi connectivity index (χ4v) is 4.74. The van der Waals surface area contributed by atoms with Gasteiger partial charge in [0.25, 0.3) is 0 Å². The lowest BCUT2D eigenvalue weighted by Gasteiger charge is -2.34. The molecule has 0 atom stereocenters. The van der Waals surface area contributed by atoms with Crippen LogP contribution in [0.4, 0.5) is 13.2 Å². The summed E-state index contributed by atoms with van der Waals surface area (Å²) in [5.74, 6) is 0. The molecule has 1 aromatic rings. The van der Waals surface area contributed by atoms with Crippen molar-refractivity contribution in [1.82, 2.24) is 9.21 Å². The van der Waals surface area contributed by atoms with Gasteiger partial charge in [-0.05, 0) is 24.6 Å². The lowest BCUT2D eigenvalue weighted by Crippen LogP contribution is -2.48. The zero-order valence-electron chi connectivity index (χ0n) is 13.8. The summed E-state index contributed by atoms with van der Waals surface area (Å²) in [5, 5.41) is 0.393. The van der Waals surface area contributed by atoms with E-state index in [2.05, 4.69) is 4.74 Å². The van der Waals surface area contributed by atoms with Crippen LogP contribution in [0.1, 0.15) is 6.42 Å². The van der Waals surface area contributed by atoms with E-state index in [0.29, 0.717) is 26.1 Å². The first kappa shape index (κ1) is 21.7. The van der Waals surface area contributed by atoms with Crippen molar-refractivity contribution in [3.05, 3.63) is 28.2 Å². The molecule has 0 saturated carbocycles. The maximum absolute atomic E-state index is 12.7. The molecule has 0 bridgehead atoms. The topological polar surface area (TPSA) is 49.9 Å². The van der Waals surface area contributed by atoms with Crippen LogP contribution in [0.3, 0.4) is 0 Å². The highest BCUT2D eigenvalue weighted by Gasteiger charge is 2.30. The quantitative estimate of drug-likeness (QED) is 0.617. The zero-order valence-corrected chi connectivity index (χ0v) is 16.1. The van der Waals surface area contributed by atoms with E-state index in [1.807, 2.05) is 4.90 Å². The highest BCUT2D eigenvalue weighted by Crippen LogP contribution is 2.28. The van der Waals surface area contributed by atoms with Gasteiger partial charge in [0.1, 0.15) is 11.5 Å². The van der Waals surface area contributed by atoms with E-state index in [4.69, 9.17) is 23.2 Å². The van der Waals surface area contributed by atoms with Gasteiger partial charge in [-0.1, -0.05) is 23.2 Å². The number of hydrogen-bond acceptors (Lipinski definition) is 4. The van der Waals surface area contributed by atoms with E-state index >= 15 is 0 Å². The average Bonchev–Trinajstić information content (AvgIpc) is 2.56. The summed E-state index contributed by atoms with van der Waals surface area (Å²) in [6, 6.07) is 4.28. The highest BCUT2D eigenvalue weighted by molar-refractivity contribution is 7.89. The van der Waals surface area contributed by atoms with E-state index < -0.39 is 22.8 Å². The molecule has 1 aromatic carbocycles. The number of sulfonamides is 1. The Morgan fingerprint density at radius 3 is 2.38 bits per heavy atom. The van der Waals surface area contributed by atoms with E-state index in [1.54, 1.807) is 0 Å². The molecule has 0 amide bonds. The van der Waals surface area contributed by atoms with Crippen LogP contribution < -0.4 is 0 Å². The second-order valence-corrected chi connectivity index (χ2v) is 8.59. The molecule has 0 unspecified atom stereocenters. The van der Waals surface area contributed by atoms with Crippen LogP contribution in [0, 0.1) is 0 Å². The largest absolute Gasteiger partial charge is 0.411 e. The molecule has 1 heterocycles. The number of rotatable bonds is 7. The molecule has 1 fully saturated rings. The number of ether oxygens (including phenoxy) is 1. The fourth-order valence-electron chi connectivity index (χ4n) is 2.59. The standard InChI is InChI=1S/C15H19Cl2F3N2O3S/c16-12-2-3-13(17)14(10-12)26(23,24)22-7-5-21(6-8-22)4-1-9-25-11-15(18,19)20/h2-3,10H,1,4-9,11H2. The molecule has 0 radical (unpaired) electrons. The summed E-state index contributed by atoms with van der Waals surface area (Å²) in [6.07, 6.45) is -3.87. The minimum Gasteiger partial charge on any atom is -0.372 e. The molecular formula is C15H19Cl2F3N2O3S. The maximum atomic E-state index is 12.7. The van der Waals surface area contributed by atoms with Gasteiger partial charge in [0, 0.05) is 44.4 Å². The predicted octanol–water partition coefficient (Wildman–Crippen LogP) is 3.27. The predicted molar refractivity (Wildman–Crippen MR) is 93.2 cm³/mol. The molecule has 2 rings (SSSR count). The SMILES string of the molecule is O=S(=O)(c1cc(Cl)ccc1Cl)N1CCN(CCCOCC(F)(F)F)CC1. The molecule has 26 heavy (non-hydrogen) atoms. The van der Waals surface area contributed by atoms with Gasteiger partial charge < -0.3 is 9.64 Å². The van der Waals surface area contributed by atoms with Crippen LogP contribution in [0.5, 0.6) is 0 Å². The summed E-state index contributed by atoms with van der Waals surface area (Å²) in [4.78, 5) is 1.96. The first-order chi connectivity index (χ1) is 12.1. The molecule has 0 spiro atoms. The Kier molecular flexibility index (Phi) is 7.58. The molecule has 0 N–H and O–H groups in total. The lowest BCUT2D eigenvalue weighted by atomic mass is 10.3. The van der Waals surface area contributed by atoms with Gasteiger partial charge in [-0.25, -0.2) is 8.42 Å². The first-order valence-corrected chi connectivity index (χ1v) is 10.1. The Balaban J connectivity index is 1.81. The monoisotopic (exact) mass is 434 g/mol. The molecule has 1 aliphatic rings. The number of benzene rings is 1. The van der Waals surface area contributed by atoms with Crippen LogP contribution in [-0.2, 0) is 14.8 Å².